The van der Waals surface area contributed by atoms with Crippen molar-refractivity contribution in [2.24, 2.45) is 0 Å². The number of benzene rings is 2. The van der Waals surface area contributed by atoms with Crippen LogP contribution in [-0.2, 0) is 4.79 Å². The first kappa shape index (κ1) is 21.2. The molecular formula is C20H16I2N2O3. The lowest BCUT2D eigenvalue weighted by Crippen LogP contribution is -2.13. The highest BCUT2D eigenvalue weighted by molar-refractivity contribution is 14.1. The van der Waals surface area contributed by atoms with Gasteiger partial charge in [0.1, 0.15) is 18.2 Å². The Morgan fingerprint density at radius 1 is 1.30 bits per heavy atom. The molecule has 0 saturated heterocycles. The highest BCUT2D eigenvalue weighted by atomic mass is 127. The summed E-state index contributed by atoms with van der Waals surface area (Å²) < 4.78 is 12.8. The fourth-order valence-electron chi connectivity index (χ4n) is 2.15. The van der Waals surface area contributed by atoms with Crippen LogP contribution in [0.4, 0.5) is 5.69 Å². The summed E-state index contributed by atoms with van der Waals surface area (Å²) in [5.41, 5.74) is 1.28. The van der Waals surface area contributed by atoms with Crippen LogP contribution in [0.25, 0.3) is 6.08 Å². The highest BCUT2D eigenvalue weighted by Crippen LogP contribution is 2.34. The summed E-state index contributed by atoms with van der Waals surface area (Å²) in [5.74, 6) is 0.641. The monoisotopic (exact) mass is 586 g/mol. The molecule has 0 aliphatic rings. The fourth-order valence-corrected chi connectivity index (χ4v) is 3.29. The van der Waals surface area contributed by atoms with E-state index < -0.39 is 5.91 Å². The molecule has 0 saturated carbocycles. The average molecular weight is 586 g/mol. The van der Waals surface area contributed by atoms with E-state index in [9.17, 15) is 10.1 Å². The maximum absolute atomic E-state index is 12.4. The van der Waals surface area contributed by atoms with E-state index in [1.165, 1.54) is 13.2 Å². The van der Waals surface area contributed by atoms with Crippen molar-refractivity contribution < 1.29 is 14.3 Å². The van der Waals surface area contributed by atoms with Gasteiger partial charge in [-0.05, 0) is 93.2 Å². The summed E-state index contributed by atoms with van der Waals surface area (Å²) in [4.78, 5) is 12.4. The minimum absolute atomic E-state index is 0.00818. The van der Waals surface area contributed by atoms with E-state index in [0.717, 1.165) is 7.14 Å². The number of hydrogen-bond acceptors (Lipinski definition) is 4. The topological polar surface area (TPSA) is 71.3 Å². The minimum Gasteiger partial charge on any atom is -0.493 e. The molecule has 1 N–H and O–H groups in total. The molecule has 0 atom stereocenters. The fraction of sp³-hybridized carbons (Fsp3) is 0.100. The number of nitriles is 1. The van der Waals surface area contributed by atoms with Gasteiger partial charge in [0.2, 0.25) is 0 Å². The van der Waals surface area contributed by atoms with Crippen LogP contribution < -0.4 is 14.8 Å². The molecule has 0 heterocycles. The number of ether oxygens (including phenoxy) is 2. The number of carbonyl (C=O) groups is 1. The van der Waals surface area contributed by atoms with Crippen molar-refractivity contribution in [3.05, 3.63) is 67.3 Å². The molecule has 5 nitrogen and oxygen atoms in total. The Labute approximate surface area is 185 Å². The van der Waals surface area contributed by atoms with Crippen LogP contribution in [0.15, 0.2) is 54.6 Å². The van der Waals surface area contributed by atoms with Crippen LogP contribution in [-0.4, -0.2) is 19.6 Å². The van der Waals surface area contributed by atoms with Crippen molar-refractivity contribution in [2.75, 3.05) is 19.0 Å². The van der Waals surface area contributed by atoms with Crippen molar-refractivity contribution in [1.82, 2.24) is 0 Å². The van der Waals surface area contributed by atoms with Crippen molar-refractivity contribution in [3.8, 4) is 17.6 Å². The largest absolute Gasteiger partial charge is 0.493 e. The lowest BCUT2D eigenvalue weighted by atomic mass is 10.1. The summed E-state index contributed by atoms with van der Waals surface area (Å²) in [7, 11) is 1.54. The Kier molecular flexibility index (Phi) is 8.12. The van der Waals surface area contributed by atoms with Gasteiger partial charge in [-0.1, -0.05) is 12.7 Å². The number of rotatable bonds is 7. The highest BCUT2D eigenvalue weighted by Gasteiger charge is 2.14. The van der Waals surface area contributed by atoms with Gasteiger partial charge >= 0.3 is 0 Å². The first-order chi connectivity index (χ1) is 13.0. The van der Waals surface area contributed by atoms with Crippen LogP contribution in [0.1, 0.15) is 5.56 Å². The Bertz CT molecular complexity index is 916. The molecule has 0 spiro atoms. The summed E-state index contributed by atoms with van der Waals surface area (Å²) in [6.07, 6.45) is 3.16. The van der Waals surface area contributed by atoms with Crippen molar-refractivity contribution in [3.63, 3.8) is 0 Å². The zero-order valence-electron chi connectivity index (χ0n) is 14.5. The van der Waals surface area contributed by atoms with Gasteiger partial charge in [0.25, 0.3) is 5.91 Å². The average Bonchev–Trinajstić information content (AvgIpc) is 2.66. The maximum Gasteiger partial charge on any atom is 0.266 e. The number of methoxy groups -OCH3 is 1. The molecule has 2 aromatic rings. The van der Waals surface area contributed by atoms with E-state index in [1.807, 2.05) is 24.3 Å². The molecule has 0 unspecified atom stereocenters. The van der Waals surface area contributed by atoms with Crippen molar-refractivity contribution in [2.45, 2.75) is 0 Å². The first-order valence-electron chi connectivity index (χ1n) is 7.78. The second kappa shape index (κ2) is 10.3. The second-order valence-corrected chi connectivity index (χ2v) is 7.67. The lowest BCUT2D eigenvalue weighted by molar-refractivity contribution is -0.112. The van der Waals surface area contributed by atoms with Crippen LogP contribution in [0, 0.1) is 18.5 Å². The van der Waals surface area contributed by atoms with Gasteiger partial charge < -0.3 is 14.8 Å². The Morgan fingerprint density at radius 2 is 2.00 bits per heavy atom. The van der Waals surface area contributed by atoms with Gasteiger partial charge in [0, 0.05) is 9.26 Å². The van der Waals surface area contributed by atoms with Crippen molar-refractivity contribution >= 4 is 62.9 Å². The number of halogens is 2. The molecule has 0 bridgehead atoms. The molecule has 2 rings (SSSR count). The molecular weight excluding hydrogens is 570 g/mol. The zero-order chi connectivity index (χ0) is 19.8. The van der Waals surface area contributed by atoms with Crippen LogP contribution in [0.2, 0.25) is 0 Å². The number of anilines is 1. The molecule has 7 heteroatoms. The Morgan fingerprint density at radius 3 is 2.59 bits per heavy atom. The van der Waals surface area contributed by atoms with Gasteiger partial charge in [-0.25, -0.2) is 0 Å². The summed E-state index contributed by atoms with van der Waals surface area (Å²) in [6.45, 7) is 3.98. The quantitative estimate of drug-likeness (QED) is 0.214. The Balaban J connectivity index is 2.29. The summed E-state index contributed by atoms with van der Waals surface area (Å²) in [5, 5.41) is 12.1. The Hall–Kier alpha value is -2.06. The molecule has 0 aliphatic heterocycles. The molecule has 27 heavy (non-hydrogen) atoms. The summed E-state index contributed by atoms with van der Waals surface area (Å²) >= 11 is 4.30. The zero-order valence-corrected chi connectivity index (χ0v) is 18.8. The van der Waals surface area contributed by atoms with Gasteiger partial charge in [0.05, 0.1) is 10.7 Å². The predicted octanol–water partition coefficient (Wildman–Crippen LogP) is 5.01. The molecule has 0 fully saturated rings. The third-order valence-electron chi connectivity index (χ3n) is 3.38. The molecule has 0 radical (unpaired) electrons. The van der Waals surface area contributed by atoms with E-state index in [1.54, 1.807) is 24.3 Å². The third kappa shape index (κ3) is 5.97. The second-order valence-electron chi connectivity index (χ2n) is 5.26. The molecule has 1 amide bonds. The van der Waals surface area contributed by atoms with Crippen LogP contribution in [0.3, 0.4) is 0 Å². The SMILES string of the molecule is C=CCOc1c(I)cc(/C=C(\C#N)C(=O)Nc2ccc(I)cc2)cc1OC. The first-order valence-corrected chi connectivity index (χ1v) is 9.94. The minimum atomic E-state index is -0.473. The van der Waals surface area contributed by atoms with Gasteiger partial charge in [-0.2, -0.15) is 5.26 Å². The number of carbonyl (C=O) groups excluding carboxylic acids is 1. The van der Waals surface area contributed by atoms with Gasteiger partial charge in [-0.15, -0.1) is 0 Å². The van der Waals surface area contributed by atoms with Crippen LogP contribution >= 0.6 is 45.2 Å². The van der Waals surface area contributed by atoms with E-state index in [2.05, 4.69) is 57.1 Å². The van der Waals surface area contributed by atoms with E-state index in [4.69, 9.17) is 9.47 Å². The number of hydrogen-bond donors (Lipinski definition) is 1. The van der Waals surface area contributed by atoms with Gasteiger partial charge in [-0.3, -0.25) is 4.79 Å². The van der Waals surface area contributed by atoms with E-state index >= 15 is 0 Å². The summed E-state index contributed by atoms with van der Waals surface area (Å²) in [6, 6.07) is 12.8. The van der Waals surface area contributed by atoms with E-state index in [-0.39, 0.29) is 5.57 Å². The molecule has 2 aromatic carbocycles. The van der Waals surface area contributed by atoms with E-state index in [0.29, 0.717) is 29.4 Å². The lowest BCUT2D eigenvalue weighted by Gasteiger charge is -2.12. The van der Waals surface area contributed by atoms with Crippen LogP contribution in [0.5, 0.6) is 11.5 Å². The molecule has 0 aliphatic carbocycles. The number of nitrogens with zero attached hydrogens (tertiary/aromatic N) is 1. The molecule has 0 aromatic heterocycles. The third-order valence-corrected chi connectivity index (χ3v) is 4.90. The van der Waals surface area contributed by atoms with Crippen molar-refractivity contribution in [1.29, 1.82) is 5.26 Å². The smallest absolute Gasteiger partial charge is 0.266 e. The maximum atomic E-state index is 12.4. The number of amides is 1. The molecule has 138 valence electrons. The normalized spacial score (nSPS) is 10.7. The predicted molar refractivity (Wildman–Crippen MR) is 123 cm³/mol. The number of nitrogens with one attached hydrogen (secondary N) is 1. The standard InChI is InChI=1S/C20H16I2N2O3/c1-3-8-27-19-17(22)10-13(11-18(19)26-2)9-14(12-23)20(25)24-16-6-4-15(21)5-7-16/h3-7,9-11H,1,8H2,2H3,(H,24,25)/b14-9+. The van der Waals surface area contributed by atoms with Gasteiger partial charge in [0.15, 0.2) is 11.5 Å².